The second-order valence-corrected chi connectivity index (χ2v) is 6.91. The van der Waals surface area contributed by atoms with Crippen molar-refractivity contribution in [1.82, 2.24) is 4.31 Å². The van der Waals surface area contributed by atoms with Crippen LogP contribution in [0.15, 0.2) is 29.2 Å². The summed E-state index contributed by atoms with van der Waals surface area (Å²) in [5, 5.41) is 0. The highest BCUT2D eigenvalue weighted by Gasteiger charge is 2.40. The van der Waals surface area contributed by atoms with Gasteiger partial charge in [-0.25, -0.2) is 8.42 Å². The number of hydrogen-bond donors (Lipinski definition) is 0. The molecule has 5 nitrogen and oxygen atoms in total. The Bertz CT molecular complexity index is 595. The van der Waals surface area contributed by atoms with Crippen molar-refractivity contribution in [2.24, 2.45) is 0 Å². The number of nitrogens with zero attached hydrogens (tertiary/aromatic N) is 1. The van der Waals surface area contributed by atoms with E-state index in [1.165, 1.54) is 4.31 Å². The number of sulfonamides is 1. The first-order valence-electron chi connectivity index (χ1n) is 7.28. The maximum absolute atomic E-state index is 12.7. The molecule has 0 aromatic heterocycles. The number of ether oxygens (including phenoxy) is 1. The zero-order chi connectivity index (χ0) is 15.5. The van der Waals surface area contributed by atoms with E-state index in [9.17, 15) is 13.2 Å². The van der Waals surface area contributed by atoms with Gasteiger partial charge in [-0.15, -0.1) is 0 Å². The third kappa shape index (κ3) is 3.27. The number of aryl methyl sites for hydroxylation is 1. The molecule has 2 rings (SSSR count). The molecule has 1 aliphatic heterocycles. The average Bonchev–Trinajstić information content (AvgIpc) is 2.98. The van der Waals surface area contributed by atoms with Crippen LogP contribution in [0.3, 0.4) is 0 Å². The van der Waals surface area contributed by atoms with Crippen molar-refractivity contribution in [1.29, 1.82) is 0 Å². The molecule has 0 radical (unpaired) electrons. The van der Waals surface area contributed by atoms with E-state index in [4.69, 9.17) is 4.74 Å². The normalized spacial score (nSPS) is 19.6. The lowest BCUT2D eigenvalue weighted by atomic mass is 10.2. The fourth-order valence-corrected chi connectivity index (χ4v) is 4.18. The van der Waals surface area contributed by atoms with Gasteiger partial charge in [0.25, 0.3) is 0 Å². The molecular formula is C15H21NO4S. The summed E-state index contributed by atoms with van der Waals surface area (Å²) in [6.07, 6.45) is 2.05. The highest BCUT2D eigenvalue weighted by Crippen LogP contribution is 2.27. The van der Waals surface area contributed by atoms with Crippen molar-refractivity contribution in [3.8, 4) is 0 Å². The molecule has 116 valence electrons. The number of hydrogen-bond acceptors (Lipinski definition) is 4. The monoisotopic (exact) mass is 311 g/mol. The summed E-state index contributed by atoms with van der Waals surface area (Å²) in [6, 6.07) is 6.13. The van der Waals surface area contributed by atoms with E-state index in [-0.39, 0.29) is 11.5 Å². The number of carbonyl (C=O) groups is 1. The largest absolute Gasteiger partial charge is 0.465 e. The molecule has 6 heteroatoms. The van der Waals surface area contributed by atoms with Crippen LogP contribution in [-0.4, -0.2) is 37.9 Å². The highest BCUT2D eigenvalue weighted by atomic mass is 32.2. The van der Waals surface area contributed by atoms with Gasteiger partial charge in [0.2, 0.25) is 10.0 Å². The minimum atomic E-state index is -3.64. The van der Waals surface area contributed by atoms with Crippen LogP contribution >= 0.6 is 0 Å². The Morgan fingerprint density at radius 2 is 1.95 bits per heavy atom. The van der Waals surface area contributed by atoms with Gasteiger partial charge < -0.3 is 4.74 Å². The van der Waals surface area contributed by atoms with Crippen LogP contribution in [0, 0.1) is 0 Å². The van der Waals surface area contributed by atoms with E-state index in [1.807, 2.05) is 19.1 Å². The first-order valence-corrected chi connectivity index (χ1v) is 8.72. The topological polar surface area (TPSA) is 63.7 Å². The maximum atomic E-state index is 12.7. The zero-order valence-electron chi connectivity index (χ0n) is 12.4. The molecule has 1 heterocycles. The molecular weight excluding hydrogens is 290 g/mol. The molecule has 1 saturated heterocycles. The van der Waals surface area contributed by atoms with Crippen molar-refractivity contribution >= 4 is 16.0 Å². The molecule has 0 spiro atoms. The summed E-state index contributed by atoms with van der Waals surface area (Å²) in [7, 11) is -3.64. The average molecular weight is 311 g/mol. The summed E-state index contributed by atoms with van der Waals surface area (Å²) < 4.78 is 31.6. The summed E-state index contributed by atoms with van der Waals surface area (Å²) in [4.78, 5) is 12.1. The molecule has 1 atom stereocenters. The fourth-order valence-electron chi connectivity index (χ4n) is 2.53. The van der Waals surface area contributed by atoms with Crippen LogP contribution in [0.2, 0.25) is 0 Å². The van der Waals surface area contributed by atoms with E-state index < -0.39 is 22.0 Å². The van der Waals surface area contributed by atoms with Crippen LogP contribution in [0.1, 0.15) is 32.3 Å². The first kappa shape index (κ1) is 16.0. The predicted molar refractivity (Wildman–Crippen MR) is 79.4 cm³/mol. The molecule has 1 unspecified atom stereocenters. The summed E-state index contributed by atoms with van der Waals surface area (Å²) in [6.45, 7) is 4.35. The van der Waals surface area contributed by atoms with Crippen molar-refractivity contribution in [3.63, 3.8) is 0 Å². The molecule has 1 aliphatic rings. The van der Waals surface area contributed by atoms with Gasteiger partial charge in [-0.05, 0) is 43.9 Å². The molecule has 21 heavy (non-hydrogen) atoms. The van der Waals surface area contributed by atoms with E-state index in [2.05, 4.69) is 0 Å². The summed E-state index contributed by atoms with van der Waals surface area (Å²) in [5.41, 5.74) is 1.08. The molecule has 0 amide bonds. The molecule has 0 aliphatic carbocycles. The second-order valence-electron chi connectivity index (χ2n) is 5.02. The third-order valence-electron chi connectivity index (χ3n) is 3.70. The van der Waals surface area contributed by atoms with Crippen molar-refractivity contribution < 1.29 is 17.9 Å². The number of rotatable bonds is 5. The Kier molecular flexibility index (Phi) is 5.00. The zero-order valence-corrected chi connectivity index (χ0v) is 13.2. The van der Waals surface area contributed by atoms with Gasteiger partial charge in [-0.3, -0.25) is 4.79 Å². The standard InChI is InChI=1S/C15H21NO4S/c1-3-12-7-9-13(10-8-12)21(18,19)16-11-5-6-14(16)15(17)20-4-2/h7-10,14H,3-6,11H2,1-2H3. The Morgan fingerprint density at radius 3 is 2.52 bits per heavy atom. The Balaban J connectivity index is 2.26. The Hall–Kier alpha value is -1.40. The molecule has 0 saturated carbocycles. The molecule has 1 aromatic rings. The Labute approximate surface area is 126 Å². The van der Waals surface area contributed by atoms with E-state index in [0.717, 1.165) is 12.0 Å². The lowest BCUT2D eigenvalue weighted by Gasteiger charge is -2.22. The van der Waals surface area contributed by atoms with Gasteiger partial charge in [0, 0.05) is 6.54 Å². The van der Waals surface area contributed by atoms with Gasteiger partial charge in [-0.2, -0.15) is 4.31 Å². The van der Waals surface area contributed by atoms with Crippen molar-refractivity contribution in [3.05, 3.63) is 29.8 Å². The smallest absolute Gasteiger partial charge is 0.324 e. The van der Waals surface area contributed by atoms with Gasteiger partial charge in [-0.1, -0.05) is 19.1 Å². The van der Waals surface area contributed by atoms with Crippen LogP contribution in [0.4, 0.5) is 0 Å². The van der Waals surface area contributed by atoms with Crippen LogP contribution in [-0.2, 0) is 26.0 Å². The minimum absolute atomic E-state index is 0.232. The van der Waals surface area contributed by atoms with Gasteiger partial charge in [0.1, 0.15) is 6.04 Å². The SMILES string of the molecule is CCOC(=O)C1CCCN1S(=O)(=O)c1ccc(CC)cc1. The molecule has 1 fully saturated rings. The van der Waals surface area contributed by atoms with E-state index in [0.29, 0.717) is 19.4 Å². The van der Waals surface area contributed by atoms with E-state index in [1.54, 1.807) is 19.1 Å². The quantitative estimate of drug-likeness (QED) is 0.780. The predicted octanol–water partition coefficient (Wildman–Crippen LogP) is 1.97. The van der Waals surface area contributed by atoms with Crippen LogP contribution < -0.4 is 0 Å². The Morgan fingerprint density at radius 1 is 1.29 bits per heavy atom. The lowest BCUT2D eigenvalue weighted by molar-refractivity contribution is -0.146. The number of esters is 1. The van der Waals surface area contributed by atoms with Crippen LogP contribution in [0.25, 0.3) is 0 Å². The lowest BCUT2D eigenvalue weighted by Crippen LogP contribution is -2.41. The van der Waals surface area contributed by atoms with E-state index >= 15 is 0 Å². The maximum Gasteiger partial charge on any atom is 0.324 e. The van der Waals surface area contributed by atoms with Gasteiger partial charge in [0.15, 0.2) is 0 Å². The summed E-state index contributed by atoms with van der Waals surface area (Å²) >= 11 is 0. The van der Waals surface area contributed by atoms with Crippen molar-refractivity contribution in [2.75, 3.05) is 13.2 Å². The molecule has 0 bridgehead atoms. The van der Waals surface area contributed by atoms with Crippen LogP contribution in [0.5, 0.6) is 0 Å². The second kappa shape index (κ2) is 6.58. The highest BCUT2D eigenvalue weighted by molar-refractivity contribution is 7.89. The van der Waals surface area contributed by atoms with Crippen molar-refractivity contribution in [2.45, 2.75) is 44.0 Å². The first-order chi connectivity index (χ1) is 10.0. The number of carbonyl (C=O) groups excluding carboxylic acids is 1. The number of benzene rings is 1. The minimum Gasteiger partial charge on any atom is -0.465 e. The molecule has 1 aromatic carbocycles. The van der Waals surface area contributed by atoms with Gasteiger partial charge in [0.05, 0.1) is 11.5 Å². The third-order valence-corrected chi connectivity index (χ3v) is 5.62. The fraction of sp³-hybridized carbons (Fsp3) is 0.533. The summed E-state index contributed by atoms with van der Waals surface area (Å²) in [5.74, 6) is -0.455. The van der Waals surface area contributed by atoms with Gasteiger partial charge >= 0.3 is 5.97 Å². The molecule has 0 N–H and O–H groups in total.